The first-order valence-corrected chi connectivity index (χ1v) is 7.20. The number of aryl methyl sites for hydroxylation is 1. The lowest BCUT2D eigenvalue weighted by atomic mass is 10.2. The first kappa shape index (κ1) is 15.4. The molecule has 0 saturated heterocycles. The molecule has 1 N–H and O–H groups in total. The molecule has 0 amide bonds. The highest BCUT2D eigenvalue weighted by atomic mass is 16.5. The maximum atomic E-state index is 5.15. The van der Waals surface area contributed by atoms with Crippen LogP contribution in [0.4, 0.5) is 5.82 Å². The average molecular weight is 289 g/mol. The Labute approximate surface area is 125 Å². The highest BCUT2D eigenvalue weighted by Crippen LogP contribution is 2.18. The van der Waals surface area contributed by atoms with Gasteiger partial charge in [0.05, 0.1) is 5.69 Å². The van der Waals surface area contributed by atoms with Crippen LogP contribution in [0.2, 0.25) is 0 Å². The zero-order valence-corrected chi connectivity index (χ0v) is 13.4. The van der Waals surface area contributed by atoms with Gasteiger partial charge in [0.2, 0.25) is 0 Å². The quantitative estimate of drug-likeness (QED) is 0.885. The monoisotopic (exact) mass is 289 g/mol. The molecule has 0 aliphatic carbocycles. The summed E-state index contributed by atoms with van der Waals surface area (Å²) in [6.07, 6.45) is 1.04. The van der Waals surface area contributed by atoms with E-state index in [-0.39, 0.29) is 0 Å². The van der Waals surface area contributed by atoms with Crippen LogP contribution in [0.3, 0.4) is 0 Å². The molecule has 0 saturated carbocycles. The molecular formula is C15H23N5O. The third-order valence-corrected chi connectivity index (χ3v) is 3.46. The summed E-state index contributed by atoms with van der Waals surface area (Å²) in [7, 11) is 1.64. The Kier molecular flexibility index (Phi) is 4.90. The van der Waals surface area contributed by atoms with Crippen LogP contribution in [0.25, 0.3) is 5.82 Å². The van der Waals surface area contributed by atoms with Gasteiger partial charge >= 0.3 is 0 Å². The van der Waals surface area contributed by atoms with Crippen molar-refractivity contribution in [1.29, 1.82) is 0 Å². The van der Waals surface area contributed by atoms with Crippen molar-refractivity contribution in [3.8, 4) is 5.82 Å². The molecule has 2 rings (SSSR count). The fourth-order valence-electron chi connectivity index (χ4n) is 2.07. The molecule has 2 aromatic rings. The minimum Gasteiger partial charge on any atom is -0.377 e. The van der Waals surface area contributed by atoms with Gasteiger partial charge in [0.15, 0.2) is 11.6 Å². The smallest absolute Gasteiger partial charge is 0.159 e. The Hall–Kier alpha value is -1.95. The van der Waals surface area contributed by atoms with E-state index in [1.807, 2.05) is 24.6 Å². The van der Waals surface area contributed by atoms with Crippen molar-refractivity contribution in [2.75, 3.05) is 19.0 Å². The summed E-state index contributed by atoms with van der Waals surface area (Å²) in [6.45, 7) is 9.50. The summed E-state index contributed by atoms with van der Waals surface area (Å²) in [4.78, 5) is 9.00. The lowest BCUT2D eigenvalue weighted by molar-refractivity contribution is 0.178. The standard InChI is InChI=1S/C15H23N5O/c1-6-7-16-13-8-15(18-14(17-13)9-21-5)20-12(4)10(2)11(3)19-20/h8H,6-7,9H2,1-5H3,(H,16,17,18). The summed E-state index contributed by atoms with van der Waals surface area (Å²) in [5, 5.41) is 7.86. The van der Waals surface area contributed by atoms with Gasteiger partial charge in [0.25, 0.3) is 0 Å². The van der Waals surface area contributed by atoms with E-state index < -0.39 is 0 Å². The van der Waals surface area contributed by atoms with E-state index in [0.29, 0.717) is 12.4 Å². The molecule has 0 aliphatic heterocycles. The Morgan fingerprint density at radius 3 is 2.57 bits per heavy atom. The largest absolute Gasteiger partial charge is 0.377 e. The molecule has 6 nitrogen and oxygen atoms in total. The summed E-state index contributed by atoms with van der Waals surface area (Å²) < 4.78 is 7.02. The van der Waals surface area contributed by atoms with Gasteiger partial charge in [0, 0.05) is 25.4 Å². The van der Waals surface area contributed by atoms with Crippen LogP contribution in [0.15, 0.2) is 6.07 Å². The van der Waals surface area contributed by atoms with Crippen LogP contribution in [-0.2, 0) is 11.3 Å². The molecule has 21 heavy (non-hydrogen) atoms. The van der Waals surface area contributed by atoms with Crippen molar-refractivity contribution in [3.63, 3.8) is 0 Å². The number of hydrogen-bond donors (Lipinski definition) is 1. The van der Waals surface area contributed by atoms with E-state index in [2.05, 4.69) is 34.2 Å². The fraction of sp³-hybridized carbons (Fsp3) is 0.533. The number of ether oxygens (including phenoxy) is 1. The molecule has 0 radical (unpaired) electrons. The number of anilines is 1. The normalized spacial score (nSPS) is 10.9. The number of rotatable bonds is 6. The molecule has 6 heteroatoms. The Balaban J connectivity index is 2.45. The van der Waals surface area contributed by atoms with E-state index in [1.54, 1.807) is 7.11 Å². The van der Waals surface area contributed by atoms with Crippen molar-refractivity contribution in [2.24, 2.45) is 0 Å². The van der Waals surface area contributed by atoms with Crippen LogP contribution in [0.5, 0.6) is 0 Å². The van der Waals surface area contributed by atoms with Crippen LogP contribution >= 0.6 is 0 Å². The second-order valence-corrected chi connectivity index (χ2v) is 5.10. The SMILES string of the molecule is CCCNc1cc(-n2nc(C)c(C)c2C)nc(COC)n1. The molecule has 0 fully saturated rings. The minimum atomic E-state index is 0.382. The number of nitrogens with zero attached hydrogens (tertiary/aromatic N) is 4. The number of nitrogens with one attached hydrogen (secondary N) is 1. The first-order chi connectivity index (χ1) is 10.1. The number of hydrogen-bond acceptors (Lipinski definition) is 5. The van der Waals surface area contributed by atoms with Crippen molar-refractivity contribution >= 4 is 5.82 Å². The zero-order chi connectivity index (χ0) is 15.4. The minimum absolute atomic E-state index is 0.382. The fourth-order valence-corrected chi connectivity index (χ4v) is 2.07. The predicted octanol–water partition coefficient (Wildman–Crippen LogP) is 2.56. The highest BCUT2D eigenvalue weighted by Gasteiger charge is 2.12. The van der Waals surface area contributed by atoms with Crippen molar-refractivity contribution in [2.45, 2.75) is 40.7 Å². The van der Waals surface area contributed by atoms with Gasteiger partial charge in [0.1, 0.15) is 12.4 Å². The average Bonchev–Trinajstić information content (AvgIpc) is 2.73. The highest BCUT2D eigenvalue weighted by molar-refractivity contribution is 5.43. The van der Waals surface area contributed by atoms with Crippen molar-refractivity contribution in [1.82, 2.24) is 19.7 Å². The van der Waals surface area contributed by atoms with Crippen LogP contribution in [0, 0.1) is 20.8 Å². The number of aromatic nitrogens is 4. The second-order valence-electron chi connectivity index (χ2n) is 5.10. The maximum absolute atomic E-state index is 5.15. The van der Waals surface area contributed by atoms with E-state index in [4.69, 9.17) is 4.74 Å². The summed E-state index contributed by atoms with van der Waals surface area (Å²) >= 11 is 0. The molecular weight excluding hydrogens is 266 g/mol. The van der Waals surface area contributed by atoms with Gasteiger partial charge < -0.3 is 10.1 Å². The molecule has 2 heterocycles. The van der Waals surface area contributed by atoms with Gasteiger partial charge in [-0.2, -0.15) is 5.10 Å². The van der Waals surface area contributed by atoms with Gasteiger partial charge in [-0.15, -0.1) is 0 Å². The van der Waals surface area contributed by atoms with Crippen molar-refractivity contribution in [3.05, 3.63) is 28.8 Å². The number of methoxy groups -OCH3 is 1. The lowest BCUT2D eigenvalue weighted by Crippen LogP contribution is -2.10. The second kappa shape index (κ2) is 6.67. The van der Waals surface area contributed by atoms with Gasteiger partial charge in [-0.1, -0.05) is 6.92 Å². The molecule has 2 aromatic heterocycles. The topological polar surface area (TPSA) is 64.9 Å². The van der Waals surface area contributed by atoms with E-state index >= 15 is 0 Å². The van der Waals surface area contributed by atoms with Crippen LogP contribution in [0.1, 0.15) is 36.1 Å². The third kappa shape index (κ3) is 3.39. The van der Waals surface area contributed by atoms with Gasteiger partial charge in [-0.05, 0) is 32.8 Å². The maximum Gasteiger partial charge on any atom is 0.159 e. The summed E-state index contributed by atoms with van der Waals surface area (Å²) in [5.74, 6) is 2.22. The van der Waals surface area contributed by atoms with E-state index in [9.17, 15) is 0 Å². The Morgan fingerprint density at radius 1 is 1.24 bits per heavy atom. The van der Waals surface area contributed by atoms with Crippen molar-refractivity contribution < 1.29 is 4.74 Å². The predicted molar refractivity (Wildman–Crippen MR) is 82.9 cm³/mol. The molecule has 114 valence electrons. The molecule has 0 aliphatic rings. The molecule has 0 bridgehead atoms. The molecule has 0 spiro atoms. The molecule has 0 aromatic carbocycles. The van der Waals surface area contributed by atoms with Gasteiger partial charge in [-0.25, -0.2) is 14.6 Å². The van der Waals surface area contributed by atoms with E-state index in [0.717, 1.165) is 36.0 Å². The van der Waals surface area contributed by atoms with E-state index in [1.165, 1.54) is 5.56 Å². The Bertz CT molecular complexity index is 621. The molecule has 0 atom stereocenters. The summed E-state index contributed by atoms with van der Waals surface area (Å²) in [6, 6.07) is 1.92. The zero-order valence-electron chi connectivity index (χ0n) is 13.4. The third-order valence-electron chi connectivity index (χ3n) is 3.46. The Morgan fingerprint density at radius 2 is 2.00 bits per heavy atom. The first-order valence-electron chi connectivity index (χ1n) is 7.20. The van der Waals surface area contributed by atoms with Crippen LogP contribution in [-0.4, -0.2) is 33.4 Å². The van der Waals surface area contributed by atoms with Gasteiger partial charge in [-0.3, -0.25) is 0 Å². The summed E-state index contributed by atoms with van der Waals surface area (Å²) in [5.41, 5.74) is 3.29. The molecule has 0 unspecified atom stereocenters. The lowest BCUT2D eigenvalue weighted by Gasteiger charge is -2.10. The van der Waals surface area contributed by atoms with Crippen LogP contribution < -0.4 is 5.32 Å².